The first kappa shape index (κ1) is 14.5. The van der Waals surface area contributed by atoms with Crippen LogP contribution < -0.4 is 0 Å². The van der Waals surface area contributed by atoms with Crippen molar-refractivity contribution < 1.29 is 9.63 Å². The highest BCUT2D eigenvalue weighted by atomic mass is 79.9. The molecule has 5 heteroatoms. The molecule has 3 nitrogen and oxygen atoms in total. The van der Waals surface area contributed by atoms with Crippen molar-refractivity contribution >= 4 is 31.9 Å². The first-order chi connectivity index (χ1) is 10.2. The van der Waals surface area contributed by atoms with E-state index in [1.807, 2.05) is 48.5 Å². The molecule has 2 aromatic carbocycles. The van der Waals surface area contributed by atoms with E-state index in [9.17, 15) is 5.11 Å². The zero-order valence-corrected chi connectivity index (χ0v) is 14.1. The number of hydrogen-bond donors (Lipinski definition) is 1. The molecule has 0 atom stereocenters. The molecule has 0 radical (unpaired) electrons. The Bertz CT molecular complexity index is 766. The van der Waals surface area contributed by atoms with Crippen LogP contribution in [0.4, 0.5) is 0 Å². The predicted molar refractivity (Wildman–Crippen MR) is 88.7 cm³/mol. The number of aliphatic hydroxyl groups is 1. The van der Waals surface area contributed by atoms with Crippen molar-refractivity contribution in [2.24, 2.45) is 0 Å². The van der Waals surface area contributed by atoms with E-state index in [1.165, 1.54) is 0 Å². The molecule has 0 saturated heterocycles. The summed E-state index contributed by atoms with van der Waals surface area (Å²) in [6.45, 7) is -0.133. The van der Waals surface area contributed by atoms with Gasteiger partial charge >= 0.3 is 0 Å². The number of rotatable bonds is 3. The Morgan fingerprint density at radius 2 is 1.71 bits per heavy atom. The highest BCUT2D eigenvalue weighted by Gasteiger charge is 2.19. The number of aromatic nitrogens is 1. The Hall–Kier alpha value is -1.43. The van der Waals surface area contributed by atoms with Crippen molar-refractivity contribution in [2.45, 2.75) is 6.61 Å². The fraction of sp³-hybridized carbons (Fsp3) is 0.0625. The highest BCUT2D eigenvalue weighted by molar-refractivity contribution is 9.10. The van der Waals surface area contributed by atoms with Crippen LogP contribution in [0.15, 0.2) is 62.0 Å². The van der Waals surface area contributed by atoms with Gasteiger partial charge in [0.05, 0.1) is 12.2 Å². The van der Waals surface area contributed by atoms with Crippen molar-refractivity contribution in [1.82, 2.24) is 5.16 Å². The summed E-state index contributed by atoms with van der Waals surface area (Å²) in [6, 6.07) is 15.4. The van der Waals surface area contributed by atoms with Gasteiger partial charge in [-0.2, -0.15) is 0 Å². The van der Waals surface area contributed by atoms with Gasteiger partial charge in [0, 0.05) is 20.1 Å². The molecule has 1 aromatic heterocycles. The number of halogens is 2. The van der Waals surface area contributed by atoms with Gasteiger partial charge in [-0.25, -0.2) is 0 Å². The molecule has 0 bridgehead atoms. The number of benzene rings is 2. The van der Waals surface area contributed by atoms with E-state index in [-0.39, 0.29) is 6.61 Å². The Kier molecular flexibility index (Phi) is 4.24. The summed E-state index contributed by atoms with van der Waals surface area (Å²) in [6.07, 6.45) is 0. The smallest absolute Gasteiger partial charge is 0.173 e. The maximum absolute atomic E-state index is 9.73. The first-order valence-corrected chi connectivity index (χ1v) is 7.89. The third-order valence-electron chi connectivity index (χ3n) is 3.18. The minimum absolute atomic E-state index is 0.133. The van der Waals surface area contributed by atoms with Crippen LogP contribution >= 0.6 is 31.9 Å². The molecule has 0 unspecified atom stereocenters. The summed E-state index contributed by atoms with van der Waals surface area (Å²) < 4.78 is 7.38. The maximum Gasteiger partial charge on any atom is 0.173 e. The van der Waals surface area contributed by atoms with Crippen LogP contribution in [-0.4, -0.2) is 10.3 Å². The van der Waals surface area contributed by atoms with Gasteiger partial charge in [0.2, 0.25) is 0 Å². The first-order valence-electron chi connectivity index (χ1n) is 6.31. The average Bonchev–Trinajstić information content (AvgIpc) is 2.92. The Labute approximate surface area is 138 Å². The second-order valence-corrected chi connectivity index (χ2v) is 6.25. The minimum Gasteiger partial charge on any atom is -0.391 e. The molecule has 0 aliphatic carbocycles. The molecule has 0 aliphatic heterocycles. The molecular weight excluding hydrogens is 398 g/mol. The summed E-state index contributed by atoms with van der Waals surface area (Å²) >= 11 is 6.91. The van der Waals surface area contributed by atoms with Crippen molar-refractivity contribution in [3.8, 4) is 22.6 Å². The molecule has 0 fully saturated rings. The predicted octanol–water partition coefficient (Wildman–Crippen LogP) is 5.03. The average molecular weight is 409 g/mol. The number of aliphatic hydroxyl groups excluding tert-OH is 1. The highest BCUT2D eigenvalue weighted by Crippen LogP contribution is 2.35. The second-order valence-electron chi connectivity index (χ2n) is 4.48. The van der Waals surface area contributed by atoms with E-state index in [0.29, 0.717) is 17.0 Å². The topological polar surface area (TPSA) is 46.3 Å². The third-order valence-corrected chi connectivity index (χ3v) is 4.40. The molecule has 1 heterocycles. The Morgan fingerprint density at radius 3 is 2.38 bits per heavy atom. The Morgan fingerprint density at radius 1 is 1.00 bits per heavy atom. The summed E-state index contributed by atoms with van der Waals surface area (Å²) in [5.74, 6) is 0.593. The van der Waals surface area contributed by atoms with Crippen molar-refractivity contribution in [2.75, 3.05) is 0 Å². The molecule has 1 N–H and O–H groups in total. The van der Waals surface area contributed by atoms with Crippen LogP contribution in [0.3, 0.4) is 0 Å². The van der Waals surface area contributed by atoms with E-state index in [0.717, 1.165) is 20.1 Å². The second kappa shape index (κ2) is 6.13. The molecule has 0 amide bonds. The van der Waals surface area contributed by atoms with Crippen LogP contribution in [0.25, 0.3) is 22.6 Å². The van der Waals surface area contributed by atoms with Gasteiger partial charge in [0.1, 0.15) is 5.69 Å². The van der Waals surface area contributed by atoms with E-state index in [4.69, 9.17) is 4.52 Å². The van der Waals surface area contributed by atoms with Crippen molar-refractivity contribution in [3.63, 3.8) is 0 Å². The molecule has 106 valence electrons. The lowest BCUT2D eigenvalue weighted by molar-refractivity contribution is 0.281. The fourth-order valence-electron chi connectivity index (χ4n) is 2.15. The molecule has 3 rings (SSSR count). The van der Waals surface area contributed by atoms with Gasteiger partial charge < -0.3 is 9.63 Å². The molecule has 21 heavy (non-hydrogen) atoms. The monoisotopic (exact) mass is 407 g/mol. The van der Waals surface area contributed by atoms with Gasteiger partial charge in [-0.1, -0.05) is 67.3 Å². The summed E-state index contributed by atoms with van der Waals surface area (Å²) in [5, 5.41) is 13.9. The zero-order chi connectivity index (χ0) is 14.8. The standard InChI is InChI=1S/C16H11Br2NO2/c17-11-7-5-10(6-8-11)16-13(9-20)15(19-21-16)12-3-1-2-4-14(12)18/h1-8,20H,9H2. The fourth-order valence-corrected chi connectivity index (χ4v) is 2.89. The summed E-state index contributed by atoms with van der Waals surface area (Å²) in [7, 11) is 0. The molecule has 0 saturated carbocycles. The van der Waals surface area contributed by atoms with Crippen molar-refractivity contribution in [1.29, 1.82) is 0 Å². The van der Waals surface area contributed by atoms with Crippen LogP contribution in [0.1, 0.15) is 5.56 Å². The SMILES string of the molecule is OCc1c(-c2ccccc2Br)noc1-c1ccc(Br)cc1. The van der Waals surface area contributed by atoms with E-state index >= 15 is 0 Å². The van der Waals surface area contributed by atoms with Crippen LogP contribution in [0.5, 0.6) is 0 Å². The van der Waals surface area contributed by atoms with Gasteiger partial charge in [0.25, 0.3) is 0 Å². The number of nitrogens with zero attached hydrogens (tertiary/aromatic N) is 1. The van der Waals surface area contributed by atoms with Crippen LogP contribution in [-0.2, 0) is 6.61 Å². The van der Waals surface area contributed by atoms with Gasteiger partial charge in [-0.05, 0) is 18.2 Å². The van der Waals surface area contributed by atoms with Crippen LogP contribution in [0, 0.1) is 0 Å². The van der Waals surface area contributed by atoms with E-state index < -0.39 is 0 Å². The zero-order valence-electron chi connectivity index (χ0n) is 10.9. The lowest BCUT2D eigenvalue weighted by atomic mass is 10.0. The molecular formula is C16H11Br2NO2. The lowest BCUT2D eigenvalue weighted by Crippen LogP contribution is -1.89. The largest absolute Gasteiger partial charge is 0.391 e. The number of hydrogen-bond acceptors (Lipinski definition) is 3. The van der Waals surface area contributed by atoms with Gasteiger partial charge in [0.15, 0.2) is 5.76 Å². The van der Waals surface area contributed by atoms with E-state index in [1.54, 1.807) is 0 Å². The normalized spacial score (nSPS) is 10.8. The van der Waals surface area contributed by atoms with Crippen molar-refractivity contribution in [3.05, 3.63) is 63.0 Å². The van der Waals surface area contributed by atoms with Crippen LogP contribution in [0.2, 0.25) is 0 Å². The van der Waals surface area contributed by atoms with Gasteiger partial charge in [-0.3, -0.25) is 0 Å². The van der Waals surface area contributed by atoms with E-state index in [2.05, 4.69) is 37.0 Å². The summed E-state index contributed by atoms with van der Waals surface area (Å²) in [5.41, 5.74) is 3.12. The quantitative estimate of drug-likeness (QED) is 0.661. The lowest BCUT2D eigenvalue weighted by Gasteiger charge is -2.03. The molecule has 0 spiro atoms. The van der Waals surface area contributed by atoms with Gasteiger partial charge in [-0.15, -0.1) is 0 Å². The third kappa shape index (κ3) is 2.81. The molecule has 3 aromatic rings. The molecule has 0 aliphatic rings. The maximum atomic E-state index is 9.73. The Balaban J connectivity index is 2.13. The minimum atomic E-state index is -0.133. The summed E-state index contributed by atoms with van der Waals surface area (Å²) in [4.78, 5) is 0.